The lowest BCUT2D eigenvalue weighted by Crippen LogP contribution is -2.06. The van der Waals surface area contributed by atoms with Gasteiger partial charge in [-0.15, -0.1) is 47.0 Å². The number of rotatable bonds is 8. The molecular weight excluding hydrogens is 513 g/mol. The van der Waals surface area contributed by atoms with E-state index >= 15 is 0 Å². The van der Waals surface area contributed by atoms with Gasteiger partial charge in [0.1, 0.15) is 0 Å². The molecule has 2 aromatic carbocycles. The summed E-state index contributed by atoms with van der Waals surface area (Å²) in [6.07, 6.45) is 2.80. The summed E-state index contributed by atoms with van der Waals surface area (Å²) < 4.78 is 0.863. The minimum absolute atomic E-state index is 0.0643. The zero-order valence-corrected chi connectivity index (χ0v) is 22.3. The Balaban J connectivity index is 1.37. The average Bonchev–Trinajstić information content (AvgIpc) is 3.50. The first-order chi connectivity index (χ1) is 15.6. The number of hydrogen-bond acceptors (Lipinski definition) is 8. The summed E-state index contributed by atoms with van der Waals surface area (Å²) in [6.45, 7) is 7.10. The number of thioether (sulfide) groups is 6. The standard InChI is InChI=1S/C24H24O2S6/c1-3-21(25)27-11-19-13-29-23(31-19)17-7-5-16-10-18(8-6-15(16)9-17)24-30-14-20(32-24)12-28-22(26)4-2/h3-10,19-20,23-24H,1-2,11-14H2. The molecule has 2 heterocycles. The summed E-state index contributed by atoms with van der Waals surface area (Å²) in [5.74, 6) is 3.87. The van der Waals surface area contributed by atoms with Crippen molar-refractivity contribution in [2.24, 2.45) is 0 Å². The van der Waals surface area contributed by atoms with Crippen LogP contribution in [0.15, 0.2) is 61.7 Å². The predicted octanol–water partition coefficient (Wildman–Crippen LogP) is 7.43. The number of fused-ring (bicyclic) bond motifs is 1. The molecule has 0 bridgehead atoms. The quantitative estimate of drug-likeness (QED) is 0.322. The molecule has 0 aliphatic carbocycles. The third-order valence-corrected chi connectivity index (χ3v) is 14.3. The fraction of sp³-hybridized carbons (Fsp3) is 0.333. The van der Waals surface area contributed by atoms with Crippen molar-refractivity contribution >= 4 is 91.6 Å². The van der Waals surface area contributed by atoms with Crippen LogP contribution in [-0.4, -0.2) is 43.7 Å². The van der Waals surface area contributed by atoms with Gasteiger partial charge >= 0.3 is 0 Å². The van der Waals surface area contributed by atoms with E-state index in [2.05, 4.69) is 49.6 Å². The van der Waals surface area contributed by atoms with E-state index in [4.69, 9.17) is 0 Å². The highest BCUT2D eigenvalue weighted by atomic mass is 32.2. The van der Waals surface area contributed by atoms with Gasteiger partial charge < -0.3 is 0 Å². The van der Waals surface area contributed by atoms with E-state index in [1.807, 2.05) is 47.0 Å². The second-order valence-electron chi connectivity index (χ2n) is 7.38. The molecule has 2 saturated heterocycles. The smallest absolute Gasteiger partial charge is 0.211 e. The predicted molar refractivity (Wildman–Crippen MR) is 152 cm³/mol. The van der Waals surface area contributed by atoms with E-state index < -0.39 is 0 Å². The molecule has 0 N–H and O–H groups in total. The van der Waals surface area contributed by atoms with Gasteiger partial charge in [0.25, 0.3) is 0 Å². The summed E-state index contributed by atoms with van der Waals surface area (Å²) in [5.41, 5.74) is 2.72. The Morgan fingerprint density at radius 3 is 1.66 bits per heavy atom. The Morgan fingerprint density at radius 2 is 1.25 bits per heavy atom. The highest BCUT2D eigenvalue weighted by Crippen LogP contribution is 2.52. The average molecular weight is 537 g/mol. The molecule has 32 heavy (non-hydrogen) atoms. The summed E-state index contributed by atoms with van der Waals surface area (Å²) in [7, 11) is 0. The highest BCUT2D eigenvalue weighted by Gasteiger charge is 2.29. The third-order valence-electron chi connectivity index (χ3n) is 5.09. The largest absolute Gasteiger partial charge is 0.282 e. The fourth-order valence-electron chi connectivity index (χ4n) is 3.46. The van der Waals surface area contributed by atoms with E-state index in [1.54, 1.807) is 0 Å². The van der Waals surface area contributed by atoms with Crippen LogP contribution in [0.4, 0.5) is 0 Å². The van der Waals surface area contributed by atoms with Crippen LogP contribution in [0.5, 0.6) is 0 Å². The summed E-state index contributed by atoms with van der Waals surface area (Å²) in [4.78, 5) is 23.0. The Hall–Kier alpha value is -0.380. The Labute approximate surface area is 215 Å². The molecule has 0 radical (unpaired) electrons. The lowest BCUT2D eigenvalue weighted by atomic mass is 10.1. The van der Waals surface area contributed by atoms with Crippen molar-refractivity contribution in [2.75, 3.05) is 23.0 Å². The first-order valence-corrected chi connectivity index (χ1v) is 16.2. The number of carbonyl (C=O) groups is 2. The van der Waals surface area contributed by atoms with Crippen LogP contribution < -0.4 is 0 Å². The van der Waals surface area contributed by atoms with Crippen LogP contribution in [0.2, 0.25) is 0 Å². The van der Waals surface area contributed by atoms with Crippen LogP contribution in [0.25, 0.3) is 10.8 Å². The highest BCUT2D eigenvalue weighted by molar-refractivity contribution is 8.21. The van der Waals surface area contributed by atoms with Crippen LogP contribution >= 0.6 is 70.6 Å². The minimum Gasteiger partial charge on any atom is -0.282 e. The van der Waals surface area contributed by atoms with Crippen molar-refractivity contribution in [1.82, 2.24) is 0 Å². The molecule has 168 valence electrons. The molecule has 0 spiro atoms. The third kappa shape index (κ3) is 6.39. The van der Waals surface area contributed by atoms with Gasteiger partial charge in [0.2, 0.25) is 10.2 Å². The second kappa shape index (κ2) is 11.8. The van der Waals surface area contributed by atoms with Crippen molar-refractivity contribution in [3.63, 3.8) is 0 Å². The Morgan fingerprint density at radius 1 is 0.812 bits per heavy atom. The fourth-order valence-corrected chi connectivity index (χ4v) is 12.1. The van der Waals surface area contributed by atoms with Crippen LogP contribution in [0.1, 0.15) is 20.3 Å². The maximum absolute atomic E-state index is 11.5. The van der Waals surface area contributed by atoms with Gasteiger partial charge in [-0.1, -0.05) is 60.9 Å². The van der Waals surface area contributed by atoms with Crippen molar-refractivity contribution in [1.29, 1.82) is 0 Å². The van der Waals surface area contributed by atoms with Gasteiger partial charge in [-0.3, -0.25) is 9.59 Å². The minimum atomic E-state index is 0.0643. The molecule has 4 atom stereocenters. The van der Waals surface area contributed by atoms with E-state index in [1.165, 1.54) is 57.6 Å². The summed E-state index contributed by atoms with van der Waals surface area (Å²) in [6, 6.07) is 13.7. The van der Waals surface area contributed by atoms with Crippen molar-refractivity contribution < 1.29 is 9.59 Å². The maximum atomic E-state index is 11.5. The van der Waals surface area contributed by atoms with Crippen molar-refractivity contribution in [3.8, 4) is 0 Å². The maximum Gasteiger partial charge on any atom is 0.211 e. The number of benzene rings is 2. The second-order valence-corrected chi connectivity index (χ2v) is 15.1. The molecule has 8 heteroatoms. The molecule has 0 amide bonds. The zero-order valence-electron chi connectivity index (χ0n) is 17.4. The normalized spacial score (nSPS) is 25.1. The van der Waals surface area contributed by atoms with Crippen molar-refractivity contribution in [3.05, 3.63) is 72.8 Å². The number of hydrogen-bond donors (Lipinski definition) is 0. The van der Waals surface area contributed by atoms with Crippen LogP contribution in [-0.2, 0) is 9.59 Å². The molecule has 2 aliphatic rings. The van der Waals surface area contributed by atoms with E-state index in [9.17, 15) is 9.59 Å². The molecular formula is C24H24O2S6. The molecule has 0 saturated carbocycles. The van der Waals surface area contributed by atoms with Crippen LogP contribution in [0.3, 0.4) is 0 Å². The van der Waals surface area contributed by atoms with E-state index in [0.29, 0.717) is 19.7 Å². The molecule has 0 aromatic heterocycles. The first-order valence-electron chi connectivity index (χ1n) is 10.2. The molecule has 2 aliphatic heterocycles. The topological polar surface area (TPSA) is 34.1 Å². The van der Waals surface area contributed by atoms with E-state index in [0.717, 1.165) is 23.0 Å². The van der Waals surface area contributed by atoms with Crippen LogP contribution in [0, 0.1) is 0 Å². The molecule has 2 fully saturated rings. The monoisotopic (exact) mass is 536 g/mol. The lowest BCUT2D eigenvalue weighted by molar-refractivity contribution is -0.107. The van der Waals surface area contributed by atoms with E-state index in [-0.39, 0.29) is 10.2 Å². The molecule has 4 unspecified atom stereocenters. The van der Waals surface area contributed by atoms with Gasteiger partial charge in [0.15, 0.2) is 0 Å². The van der Waals surface area contributed by atoms with Gasteiger partial charge in [-0.25, -0.2) is 0 Å². The Bertz CT molecular complexity index is 941. The van der Waals surface area contributed by atoms with Gasteiger partial charge in [0.05, 0.1) is 9.16 Å². The Kier molecular flexibility index (Phi) is 9.16. The van der Waals surface area contributed by atoms with Gasteiger partial charge in [-0.05, 0) is 46.2 Å². The van der Waals surface area contributed by atoms with Gasteiger partial charge in [0, 0.05) is 33.5 Å². The lowest BCUT2D eigenvalue weighted by Gasteiger charge is -2.14. The number of carbonyl (C=O) groups excluding carboxylic acids is 2. The van der Waals surface area contributed by atoms with Gasteiger partial charge in [-0.2, -0.15) is 0 Å². The molecule has 4 rings (SSSR count). The SMILES string of the molecule is C=CC(=O)SCC1CSC(c2ccc3cc(C4SCC(CSC(=O)C=C)S4)ccc3c2)S1. The summed E-state index contributed by atoms with van der Waals surface area (Å²) in [5, 5.41) is 3.69. The molecule has 2 aromatic rings. The van der Waals surface area contributed by atoms with Crippen molar-refractivity contribution in [2.45, 2.75) is 19.7 Å². The first kappa shape index (κ1) is 24.7. The summed E-state index contributed by atoms with van der Waals surface area (Å²) >= 11 is 10.7. The molecule has 2 nitrogen and oxygen atoms in total. The zero-order chi connectivity index (χ0) is 22.5.